The molecular formula is C36H49F4N5O4. The van der Waals surface area contributed by atoms with Crippen LogP contribution in [0.3, 0.4) is 0 Å². The van der Waals surface area contributed by atoms with E-state index in [1.807, 2.05) is 6.92 Å². The van der Waals surface area contributed by atoms with Gasteiger partial charge < -0.3 is 20.3 Å². The first kappa shape index (κ1) is 36.8. The summed E-state index contributed by atoms with van der Waals surface area (Å²) in [5.41, 5.74) is 0.334. The average molecular weight is 692 g/mol. The van der Waals surface area contributed by atoms with E-state index in [0.717, 1.165) is 70.3 Å². The highest BCUT2D eigenvalue weighted by Gasteiger charge is 2.42. The molecule has 3 aliphatic rings. The fraction of sp³-hybridized carbons (Fsp3) is 0.667. The van der Waals surface area contributed by atoms with Crippen LogP contribution in [0.4, 0.5) is 23.2 Å². The van der Waals surface area contributed by atoms with Crippen molar-refractivity contribution in [3.63, 3.8) is 0 Å². The van der Waals surface area contributed by atoms with Crippen LogP contribution in [-0.2, 0) is 20.9 Å². The molecule has 1 aromatic carbocycles. The number of anilines is 1. The Kier molecular flexibility index (Phi) is 12.7. The van der Waals surface area contributed by atoms with Crippen molar-refractivity contribution in [2.24, 2.45) is 17.8 Å². The molecule has 49 heavy (non-hydrogen) atoms. The van der Waals surface area contributed by atoms with Gasteiger partial charge >= 0.3 is 0 Å². The summed E-state index contributed by atoms with van der Waals surface area (Å²) < 4.78 is 64.0. The lowest BCUT2D eigenvalue weighted by atomic mass is 9.66. The molecule has 0 spiro atoms. The normalized spacial score (nSPS) is 21.0. The number of nitrogens with one attached hydrogen (secondary N) is 2. The van der Waals surface area contributed by atoms with E-state index in [1.54, 1.807) is 10.7 Å². The molecule has 1 saturated heterocycles. The van der Waals surface area contributed by atoms with Gasteiger partial charge in [-0.05, 0) is 61.8 Å². The van der Waals surface area contributed by atoms with E-state index in [0.29, 0.717) is 17.1 Å². The molecule has 9 nitrogen and oxygen atoms in total. The van der Waals surface area contributed by atoms with Crippen molar-refractivity contribution in [1.29, 1.82) is 0 Å². The summed E-state index contributed by atoms with van der Waals surface area (Å²) in [6.07, 6.45) is 5.82. The van der Waals surface area contributed by atoms with Crippen LogP contribution in [0.15, 0.2) is 30.5 Å². The first-order valence-electron chi connectivity index (χ1n) is 17.9. The van der Waals surface area contributed by atoms with E-state index in [2.05, 4.69) is 15.7 Å². The summed E-state index contributed by atoms with van der Waals surface area (Å²) in [5, 5.41) is 9.97. The summed E-state index contributed by atoms with van der Waals surface area (Å²) in [6, 6.07) is 3.62. The smallest absolute Gasteiger partial charge is 0.287 e. The molecule has 2 unspecified atom stereocenters. The standard InChI is InChI=1S/C36H49F4N5O4/c1-3-44-29(16-18-41-44)34(46)43-31(30(23-10-6-4-7-11-23)24-12-8-5-9-13-24)35(47)42-28-15-14-25(20-27(28)37)22(2)36(48)45(33(40)32(38)39)26-17-19-49-21-26/h14-16,18,20,22-24,26,30-33H,3-13,17,19,21H2,1-2H3,(H,42,47)(H,43,46)/t22-,26?,31-,33?/m0/s1. The maximum Gasteiger partial charge on any atom is 0.287 e. The topological polar surface area (TPSA) is 106 Å². The SMILES string of the molecule is CCn1nccc1C(=O)N[C@H](C(=O)Nc1ccc([C@H](C)C(=O)N(C2CCOC2)C(F)C(F)F)cc1F)C(C1CCCCC1)C1CCCCC1. The van der Waals surface area contributed by atoms with Crippen LogP contribution in [0, 0.1) is 23.6 Å². The van der Waals surface area contributed by atoms with Gasteiger partial charge in [0.2, 0.25) is 18.1 Å². The van der Waals surface area contributed by atoms with Crippen molar-refractivity contribution < 1.29 is 36.7 Å². The second kappa shape index (κ2) is 17.0. The van der Waals surface area contributed by atoms with Crippen LogP contribution in [-0.4, -0.2) is 70.4 Å². The number of aryl methyl sites for hydroxylation is 1. The number of aromatic nitrogens is 2. The van der Waals surface area contributed by atoms with Gasteiger partial charge in [-0.15, -0.1) is 0 Å². The van der Waals surface area contributed by atoms with Crippen molar-refractivity contribution in [3.8, 4) is 0 Å². The maximum absolute atomic E-state index is 15.7. The average Bonchev–Trinajstić information content (AvgIpc) is 3.82. The lowest BCUT2D eigenvalue weighted by molar-refractivity contribution is -0.151. The molecule has 3 fully saturated rings. The highest BCUT2D eigenvalue weighted by Crippen LogP contribution is 2.42. The number of carbonyl (C=O) groups excluding carboxylic acids is 3. The third kappa shape index (κ3) is 8.64. The Morgan fingerprint density at radius 1 is 0.980 bits per heavy atom. The quantitative estimate of drug-likeness (QED) is 0.177. The van der Waals surface area contributed by atoms with Gasteiger partial charge in [0.05, 0.1) is 24.3 Å². The number of halogens is 4. The molecule has 2 aliphatic carbocycles. The molecule has 2 heterocycles. The van der Waals surface area contributed by atoms with Crippen LogP contribution in [0.1, 0.15) is 106 Å². The Morgan fingerprint density at radius 2 is 1.63 bits per heavy atom. The van der Waals surface area contributed by atoms with Crippen molar-refractivity contribution in [3.05, 3.63) is 47.5 Å². The van der Waals surface area contributed by atoms with Crippen molar-refractivity contribution in [2.75, 3.05) is 18.5 Å². The molecule has 1 aliphatic heterocycles. The molecule has 2 aromatic rings. The van der Waals surface area contributed by atoms with E-state index >= 15 is 4.39 Å². The van der Waals surface area contributed by atoms with E-state index in [9.17, 15) is 27.6 Å². The Bertz CT molecular complexity index is 1400. The number of ether oxygens (including phenoxy) is 1. The third-order valence-corrected chi connectivity index (χ3v) is 10.7. The first-order valence-corrected chi connectivity index (χ1v) is 17.9. The molecule has 2 saturated carbocycles. The van der Waals surface area contributed by atoms with Gasteiger partial charge in [0, 0.05) is 19.3 Å². The van der Waals surface area contributed by atoms with Crippen molar-refractivity contribution >= 4 is 23.4 Å². The molecule has 5 rings (SSSR count). The Hall–Kier alpha value is -3.48. The predicted molar refractivity (Wildman–Crippen MR) is 176 cm³/mol. The maximum atomic E-state index is 15.7. The molecule has 0 bridgehead atoms. The highest BCUT2D eigenvalue weighted by molar-refractivity contribution is 6.01. The zero-order chi connectivity index (χ0) is 35.1. The van der Waals surface area contributed by atoms with E-state index in [-0.39, 0.29) is 48.6 Å². The van der Waals surface area contributed by atoms with Gasteiger partial charge in [-0.2, -0.15) is 5.10 Å². The molecule has 13 heteroatoms. The number of nitrogens with zero attached hydrogens (tertiary/aromatic N) is 3. The number of amides is 3. The van der Waals surface area contributed by atoms with Gasteiger partial charge in [-0.1, -0.05) is 70.3 Å². The summed E-state index contributed by atoms with van der Waals surface area (Å²) in [6.45, 7) is 3.90. The first-order chi connectivity index (χ1) is 23.6. The fourth-order valence-corrected chi connectivity index (χ4v) is 8.14. The van der Waals surface area contributed by atoms with Crippen LogP contribution in [0.25, 0.3) is 0 Å². The van der Waals surface area contributed by atoms with Crippen molar-refractivity contribution in [1.82, 2.24) is 20.0 Å². The predicted octanol–water partition coefficient (Wildman–Crippen LogP) is 6.84. The minimum absolute atomic E-state index is 0.0634. The van der Waals surface area contributed by atoms with Crippen LogP contribution >= 0.6 is 0 Å². The van der Waals surface area contributed by atoms with Crippen LogP contribution in [0.5, 0.6) is 0 Å². The number of rotatable bonds is 13. The minimum Gasteiger partial charge on any atom is -0.379 e. The highest BCUT2D eigenvalue weighted by atomic mass is 19.3. The molecule has 270 valence electrons. The summed E-state index contributed by atoms with van der Waals surface area (Å²) in [7, 11) is 0. The molecule has 3 amide bonds. The Balaban J connectivity index is 1.40. The van der Waals surface area contributed by atoms with E-state index < -0.39 is 54.3 Å². The molecule has 4 atom stereocenters. The van der Waals surface area contributed by atoms with E-state index in [1.165, 1.54) is 25.3 Å². The summed E-state index contributed by atoms with van der Waals surface area (Å²) in [5.74, 6) is -3.54. The Morgan fingerprint density at radius 3 is 2.18 bits per heavy atom. The van der Waals surface area contributed by atoms with Crippen molar-refractivity contribution in [2.45, 2.75) is 122 Å². The number of carbonyl (C=O) groups is 3. The number of benzene rings is 1. The second-order valence-corrected chi connectivity index (χ2v) is 13.8. The molecular weight excluding hydrogens is 642 g/mol. The molecule has 0 radical (unpaired) electrons. The number of hydrogen-bond donors (Lipinski definition) is 2. The third-order valence-electron chi connectivity index (χ3n) is 10.7. The lowest BCUT2D eigenvalue weighted by Crippen LogP contribution is -2.53. The largest absolute Gasteiger partial charge is 0.379 e. The van der Waals surface area contributed by atoms with Crippen LogP contribution in [0.2, 0.25) is 0 Å². The second-order valence-electron chi connectivity index (χ2n) is 13.8. The number of hydrogen-bond acceptors (Lipinski definition) is 5. The molecule has 2 N–H and O–H groups in total. The summed E-state index contributed by atoms with van der Waals surface area (Å²) >= 11 is 0. The zero-order valence-corrected chi connectivity index (χ0v) is 28.4. The monoisotopic (exact) mass is 691 g/mol. The summed E-state index contributed by atoms with van der Waals surface area (Å²) in [4.78, 5) is 41.8. The van der Waals surface area contributed by atoms with Gasteiger partial charge in [0.25, 0.3) is 12.3 Å². The van der Waals surface area contributed by atoms with Crippen LogP contribution < -0.4 is 10.6 Å². The fourth-order valence-electron chi connectivity index (χ4n) is 8.14. The van der Waals surface area contributed by atoms with Gasteiger partial charge in [-0.25, -0.2) is 17.6 Å². The van der Waals surface area contributed by atoms with Gasteiger partial charge in [0.1, 0.15) is 17.6 Å². The zero-order valence-electron chi connectivity index (χ0n) is 28.4. The minimum atomic E-state index is -3.41. The van der Waals surface area contributed by atoms with Gasteiger partial charge in [0.15, 0.2) is 0 Å². The van der Waals surface area contributed by atoms with Gasteiger partial charge in [-0.3, -0.25) is 19.1 Å². The number of alkyl halides is 3. The Labute approximate surface area is 285 Å². The molecule has 1 aromatic heterocycles. The lowest BCUT2D eigenvalue weighted by Gasteiger charge is -2.42. The van der Waals surface area contributed by atoms with E-state index in [4.69, 9.17) is 4.74 Å².